The summed E-state index contributed by atoms with van der Waals surface area (Å²) < 4.78 is 0. The summed E-state index contributed by atoms with van der Waals surface area (Å²) in [6, 6.07) is 5.78. The van der Waals surface area contributed by atoms with Gasteiger partial charge in [0.2, 0.25) is 11.8 Å². The van der Waals surface area contributed by atoms with Gasteiger partial charge in [0.1, 0.15) is 0 Å². The molecule has 26 heavy (non-hydrogen) atoms. The number of nitrogens with one attached hydrogen (secondary N) is 2. The maximum atomic E-state index is 12.6. The Bertz CT molecular complexity index is 644. The first-order chi connectivity index (χ1) is 12.3. The summed E-state index contributed by atoms with van der Waals surface area (Å²) in [5.41, 5.74) is 3.04. The van der Waals surface area contributed by atoms with Crippen molar-refractivity contribution in [1.29, 1.82) is 0 Å². The molecule has 0 radical (unpaired) electrons. The molecule has 0 aliphatic heterocycles. The Labute approximate surface area is 157 Å². The molecule has 2 amide bonds. The van der Waals surface area contributed by atoms with Gasteiger partial charge in [-0.15, -0.1) is 0 Å². The summed E-state index contributed by atoms with van der Waals surface area (Å²) in [4.78, 5) is 26.7. The Morgan fingerprint density at radius 1 is 1.23 bits per heavy atom. The summed E-state index contributed by atoms with van der Waals surface area (Å²) in [5, 5.41) is 6.13. The molecule has 2 rings (SSSR count). The van der Waals surface area contributed by atoms with E-state index in [1.54, 1.807) is 4.90 Å². The normalized spacial score (nSPS) is 21.3. The summed E-state index contributed by atoms with van der Waals surface area (Å²) in [6.07, 6.45) is 4.66. The van der Waals surface area contributed by atoms with Crippen molar-refractivity contribution in [3.63, 3.8) is 0 Å². The van der Waals surface area contributed by atoms with Crippen LogP contribution in [0.4, 0.5) is 5.69 Å². The third-order valence-electron chi connectivity index (χ3n) is 5.75. The zero-order valence-electron chi connectivity index (χ0n) is 16.8. The molecule has 1 aliphatic carbocycles. The predicted molar refractivity (Wildman–Crippen MR) is 106 cm³/mol. The Hall–Kier alpha value is -1.88. The van der Waals surface area contributed by atoms with E-state index in [0.29, 0.717) is 5.92 Å². The number of aryl methyl sites for hydroxylation is 1. The van der Waals surface area contributed by atoms with E-state index in [1.807, 2.05) is 46.0 Å². The number of hydrogen-bond donors (Lipinski definition) is 2. The first kappa shape index (κ1) is 20.4. The van der Waals surface area contributed by atoms with Crippen LogP contribution in [0.5, 0.6) is 0 Å². The average molecular weight is 360 g/mol. The SMILES string of the molecule is Cc1cccc(NC(=O)CN(C)[C@@H](C)C(=O)N[C@@H]2CCCC[C@@H]2C)c1C. The summed E-state index contributed by atoms with van der Waals surface area (Å²) in [7, 11) is 1.82. The summed E-state index contributed by atoms with van der Waals surface area (Å²) in [6.45, 7) is 8.26. The fourth-order valence-corrected chi connectivity index (χ4v) is 3.47. The van der Waals surface area contributed by atoms with E-state index < -0.39 is 0 Å². The van der Waals surface area contributed by atoms with Crippen LogP contribution in [0.25, 0.3) is 0 Å². The second-order valence-electron chi connectivity index (χ2n) is 7.76. The molecule has 0 unspecified atom stereocenters. The van der Waals surface area contributed by atoms with Gasteiger partial charge in [0.05, 0.1) is 12.6 Å². The molecule has 1 aromatic carbocycles. The van der Waals surface area contributed by atoms with Crippen molar-refractivity contribution >= 4 is 17.5 Å². The van der Waals surface area contributed by atoms with Crippen molar-refractivity contribution in [1.82, 2.24) is 10.2 Å². The monoisotopic (exact) mass is 359 g/mol. The number of anilines is 1. The number of likely N-dealkylation sites (N-methyl/N-ethyl adjacent to an activating group) is 1. The van der Waals surface area contributed by atoms with E-state index in [9.17, 15) is 9.59 Å². The van der Waals surface area contributed by atoms with Gasteiger partial charge in [0.15, 0.2) is 0 Å². The van der Waals surface area contributed by atoms with Gasteiger partial charge in [0.25, 0.3) is 0 Å². The van der Waals surface area contributed by atoms with Gasteiger partial charge in [-0.2, -0.15) is 0 Å². The highest BCUT2D eigenvalue weighted by Gasteiger charge is 2.26. The Morgan fingerprint density at radius 3 is 2.62 bits per heavy atom. The number of rotatable bonds is 6. The van der Waals surface area contributed by atoms with Crippen molar-refractivity contribution in [2.24, 2.45) is 5.92 Å². The van der Waals surface area contributed by atoms with E-state index in [2.05, 4.69) is 17.6 Å². The van der Waals surface area contributed by atoms with E-state index in [-0.39, 0.29) is 30.4 Å². The molecule has 0 bridgehead atoms. The van der Waals surface area contributed by atoms with Crippen LogP contribution in [-0.4, -0.2) is 42.4 Å². The largest absolute Gasteiger partial charge is 0.352 e. The lowest BCUT2D eigenvalue weighted by molar-refractivity contribution is -0.127. The number of nitrogens with zero attached hydrogens (tertiary/aromatic N) is 1. The number of hydrogen-bond acceptors (Lipinski definition) is 3. The summed E-state index contributed by atoms with van der Waals surface area (Å²) >= 11 is 0. The van der Waals surface area contributed by atoms with Crippen LogP contribution in [-0.2, 0) is 9.59 Å². The van der Waals surface area contributed by atoms with Crippen LogP contribution in [0.2, 0.25) is 0 Å². The fraction of sp³-hybridized carbons (Fsp3) is 0.619. The predicted octanol–water partition coefficient (Wildman–Crippen LogP) is 3.26. The zero-order chi connectivity index (χ0) is 19.3. The van der Waals surface area contributed by atoms with Gasteiger partial charge in [-0.3, -0.25) is 14.5 Å². The van der Waals surface area contributed by atoms with E-state index in [4.69, 9.17) is 0 Å². The first-order valence-corrected chi connectivity index (χ1v) is 9.66. The van der Waals surface area contributed by atoms with Crippen molar-refractivity contribution in [3.05, 3.63) is 29.3 Å². The van der Waals surface area contributed by atoms with E-state index >= 15 is 0 Å². The average Bonchev–Trinajstić information content (AvgIpc) is 2.60. The Kier molecular flexibility index (Phi) is 7.21. The lowest BCUT2D eigenvalue weighted by Gasteiger charge is -2.32. The minimum absolute atomic E-state index is 0.00536. The third-order valence-corrected chi connectivity index (χ3v) is 5.75. The maximum absolute atomic E-state index is 12.6. The molecule has 0 heterocycles. The van der Waals surface area contributed by atoms with E-state index in [1.165, 1.54) is 19.3 Å². The van der Waals surface area contributed by atoms with Crippen LogP contribution in [0.3, 0.4) is 0 Å². The van der Waals surface area contributed by atoms with Crippen molar-refractivity contribution in [2.75, 3.05) is 18.9 Å². The lowest BCUT2D eigenvalue weighted by atomic mass is 9.86. The van der Waals surface area contributed by atoms with Crippen molar-refractivity contribution in [2.45, 2.75) is 65.5 Å². The molecule has 2 N–H and O–H groups in total. The second kappa shape index (κ2) is 9.17. The molecular weight excluding hydrogens is 326 g/mol. The number of carbonyl (C=O) groups is 2. The summed E-state index contributed by atoms with van der Waals surface area (Å²) in [5.74, 6) is 0.426. The van der Waals surface area contributed by atoms with Gasteiger partial charge in [-0.1, -0.05) is 31.9 Å². The smallest absolute Gasteiger partial charge is 0.238 e. The molecule has 3 atom stereocenters. The van der Waals surface area contributed by atoms with Gasteiger partial charge >= 0.3 is 0 Å². The van der Waals surface area contributed by atoms with Crippen molar-refractivity contribution < 1.29 is 9.59 Å². The molecule has 1 aromatic rings. The highest BCUT2D eigenvalue weighted by atomic mass is 16.2. The highest BCUT2D eigenvalue weighted by molar-refractivity contribution is 5.93. The van der Waals surface area contributed by atoms with Gasteiger partial charge in [0, 0.05) is 11.7 Å². The highest BCUT2D eigenvalue weighted by Crippen LogP contribution is 2.24. The van der Waals surface area contributed by atoms with Crippen LogP contribution in [0.15, 0.2) is 18.2 Å². The molecule has 0 spiro atoms. The molecule has 0 aromatic heterocycles. The number of carbonyl (C=O) groups excluding carboxylic acids is 2. The number of benzene rings is 1. The van der Waals surface area contributed by atoms with Crippen LogP contribution >= 0.6 is 0 Å². The molecule has 1 fully saturated rings. The van der Waals surface area contributed by atoms with Gasteiger partial charge in [-0.05, 0) is 63.8 Å². The van der Waals surface area contributed by atoms with Crippen LogP contribution in [0.1, 0.15) is 50.7 Å². The molecule has 5 nitrogen and oxygen atoms in total. The molecular formula is C21H33N3O2. The third kappa shape index (κ3) is 5.31. The molecule has 1 aliphatic rings. The molecule has 0 saturated heterocycles. The minimum atomic E-state index is -0.339. The Morgan fingerprint density at radius 2 is 1.92 bits per heavy atom. The van der Waals surface area contributed by atoms with Gasteiger partial charge in [-0.25, -0.2) is 0 Å². The minimum Gasteiger partial charge on any atom is -0.352 e. The topological polar surface area (TPSA) is 61.4 Å². The Balaban J connectivity index is 1.87. The van der Waals surface area contributed by atoms with E-state index in [0.717, 1.165) is 23.2 Å². The van der Waals surface area contributed by atoms with Crippen LogP contribution in [0, 0.1) is 19.8 Å². The van der Waals surface area contributed by atoms with Crippen molar-refractivity contribution in [3.8, 4) is 0 Å². The quantitative estimate of drug-likeness (QED) is 0.819. The standard InChI is InChI=1S/C21H33N3O2/c1-14-10-8-12-19(16(14)3)22-20(25)13-24(5)17(4)21(26)23-18-11-7-6-9-15(18)2/h8,10,12,15,17-18H,6-7,9,11,13H2,1-5H3,(H,22,25)(H,23,26)/t15-,17-,18+/m0/s1. The lowest BCUT2D eigenvalue weighted by Crippen LogP contribution is -2.50. The van der Waals surface area contributed by atoms with Gasteiger partial charge < -0.3 is 10.6 Å². The molecule has 5 heteroatoms. The fourth-order valence-electron chi connectivity index (χ4n) is 3.47. The number of amides is 2. The zero-order valence-corrected chi connectivity index (χ0v) is 16.8. The van der Waals surface area contributed by atoms with Crippen LogP contribution < -0.4 is 10.6 Å². The molecule has 144 valence electrons. The molecule has 1 saturated carbocycles. The first-order valence-electron chi connectivity index (χ1n) is 9.66. The maximum Gasteiger partial charge on any atom is 0.238 e. The second-order valence-corrected chi connectivity index (χ2v) is 7.76.